The molecule has 26 heavy (non-hydrogen) atoms. The third kappa shape index (κ3) is 3.60. The van der Waals surface area contributed by atoms with Crippen LogP contribution in [0.5, 0.6) is 0 Å². The highest BCUT2D eigenvalue weighted by Gasteiger charge is 2.33. The maximum atomic E-state index is 13.1. The van der Waals surface area contributed by atoms with Crippen molar-refractivity contribution in [1.29, 1.82) is 0 Å². The Bertz CT molecular complexity index is 784. The van der Waals surface area contributed by atoms with Gasteiger partial charge < -0.3 is 9.64 Å². The monoisotopic (exact) mass is 353 g/mol. The molecule has 4 rings (SSSR count). The second-order valence-electron chi connectivity index (χ2n) is 7.66. The summed E-state index contributed by atoms with van der Waals surface area (Å²) in [7, 11) is 0. The number of carbonyl (C=O) groups excluding carboxylic acids is 1. The average Bonchev–Trinajstić information content (AvgIpc) is 3.08. The van der Waals surface area contributed by atoms with Crippen LogP contribution >= 0.6 is 0 Å². The topological polar surface area (TPSA) is 45.7 Å². The third-order valence-electron chi connectivity index (χ3n) is 5.42. The number of para-hydroxylation sites is 1. The van der Waals surface area contributed by atoms with Gasteiger partial charge in [-0.25, -0.2) is 4.98 Å². The van der Waals surface area contributed by atoms with E-state index in [0.717, 1.165) is 49.9 Å². The van der Waals surface area contributed by atoms with Crippen molar-refractivity contribution in [3.05, 3.63) is 42.1 Å². The van der Waals surface area contributed by atoms with Crippen LogP contribution in [0, 0.1) is 0 Å². The van der Waals surface area contributed by atoms with E-state index in [-0.39, 0.29) is 24.2 Å². The number of morpholine rings is 1. The van der Waals surface area contributed by atoms with Gasteiger partial charge in [0.15, 0.2) is 0 Å². The summed E-state index contributed by atoms with van der Waals surface area (Å²) >= 11 is 0. The Labute approximate surface area is 154 Å². The van der Waals surface area contributed by atoms with Crippen LogP contribution in [0.4, 0.5) is 0 Å². The molecule has 0 bridgehead atoms. The molecule has 0 unspecified atom stereocenters. The zero-order valence-electron chi connectivity index (χ0n) is 15.6. The van der Waals surface area contributed by atoms with Gasteiger partial charge in [0, 0.05) is 37.6 Å². The van der Waals surface area contributed by atoms with Gasteiger partial charge in [-0.05, 0) is 38.8 Å². The predicted octanol–water partition coefficient (Wildman–Crippen LogP) is 2.95. The Kier molecular flexibility index (Phi) is 4.92. The number of carbonyl (C=O) groups is 1. The molecule has 3 heterocycles. The van der Waals surface area contributed by atoms with Gasteiger partial charge in [-0.2, -0.15) is 0 Å². The molecule has 5 heteroatoms. The van der Waals surface area contributed by atoms with E-state index in [0.29, 0.717) is 5.69 Å². The lowest BCUT2D eigenvalue weighted by Crippen LogP contribution is -2.51. The summed E-state index contributed by atoms with van der Waals surface area (Å²) in [4.78, 5) is 22.2. The lowest BCUT2D eigenvalue weighted by atomic mass is 10.1. The Morgan fingerprint density at radius 1 is 1.15 bits per heavy atom. The molecule has 2 aromatic rings. The van der Waals surface area contributed by atoms with Gasteiger partial charge in [0.1, 0.15) is 5.69 Å². The molecule has 0 saturated carbocycles. The number of fused-ring (bicyclic) bond motifs is 1. The number of pyridine rings is 1. The first-order valence-electron chi connectivity index (χ1n) is 9.65. The fourth-order valence-electron chi connectivity index (χ4n) is 4.36. The number of rotatable bonds is 3. The number of amides is 1. The zero-order chi connectivity index (χ0) is 18.1. The molecule has 3 atom stereocenters. The highest BCUT2D eigenvalue weighted by Crippen LogP contribution is 2.23. The Hall–Kier alpha value is -1.98. The van der Waals surface area contributed by atoms with Crippen molar-refractivity contribution in [2.45, 2.75) is 44.9 Å². The van der Waals surface area contributed by atoms with Crippen molar-refractivity contribution in [2.24, 2.45) is 0 Å². The highest BCUT2D eigenvalue weighted by molar-refractivity contribution is 5.95. The number of aromatic nitrogens is 1. The van der Waals surface area contributed by atoms with E-state index in [2.05, 4.69) is 23.7 Å². The molecule has 2 saturated heterocycles. The van der Waals surface area contributed by atoms with Crippen molar-refractivity contribution in [3.8, 4) is 0 Å². The minimum atomic E-state index is 0.0626. The third-order valence-corrected chi connectivity index (χ3v) is 5.42. The Morgan fingerprint density at radius 3 is 2.73 bits per heavy atom. The molecule has 2 fully saturated rings. The number of hydrogen-bond donors (Lipinski definition) is 0. The van der Waals surface area contributed by atoms with Crippen molar-refractivity contribution in [1.82, 2.24) is 14.8 Å². The first-order valence-corrected chi connectivity index (χ1v) is 9.65. The summed E-state index contributed by atoms with van der Waals surface area (Å²) < 4.78 is 5.83. The molecule has 0 aliphatic carbocycles. The molecule has 2 aliphatic rings. The summed E-state index contributed by atoms with van der Waals surface area (Å²) in [6.07, 6.45) is 2.65. The Morgan fingerprint density at radius 2 is 1.92 bits per heavy atom. The molecule has 1 amide bonds. The van der Waals surface area contributed by atoms with Crippen molar-refractivity contribution >= 4 is 16.8 Å². The van der Waals surface area contributed by atoms with E-state index in [9.17, 15) is 4.79 Å². The van der Waals surface area contributed by atoms with Crippen LogP contribution in [-0.2, 0) is 4.74 Å². The molecule has 0 radical (unpaired) electrons. The van der Waals surface area contributed by atoms with Crippen LogP contribution in [0.1, 0.15) is 37.2 Å². The van der Waals surface area contributed by atoms with Crippen LogP contribution < -0.4 is 0 Å². The summed E-state index contributed by atoms with van der Waals surface area (Å²) in [6, 6.07) is 12.1. The highest BCUT2D eigenvalue weighted by atomic mass is 16.5. The maximum Gasteiger partial charge on any atom is 0.272 e. The maximum absolute atomic E-state index is 13.1. The summed E-state index contributed by atoms with van der Waals surface area (Å²) in [5, 5.41) is 1.07. The minimum absolute atomic E-state index is 0.0626. The second-order valence-corrected chi connectivity index (χ2v) is 7.66. The first-order chi connectivity index (χ1) is 12.6. The fourth-order valence-corrected chi connectivity index (χ4v) is 4.36. The number of benzene rings is 1. The first kappa shape index (κ1) is 17.4. The molecule has 2 aliphatic heterocycles. The quantitative estimate of drug-likeness (QED) is 0.851. The zero-order valence-corrected chi connectivity index (χ0v) is 15.6. The lowest BCUT2D eigenvalue weighted by molar-refractivity contribution is -0.0715. The van der Waals surface area contributed by atoms with Gasteiger partial charge in [-0.1, -0.05) is 24.3 Å². The van der Waals surface area contributed by atoms with Crippen LogP contribution in [0.3, 0.4) is 0 Å². The summed E-state index contributed by atoms with van der Waals surface area (Å²) in [5.74, 6) is 0.0626. The Balaban J connectivity index is 1.49. The molecule has 1 aromatic heterocycles. The molecule has 0 spiro atoms. The van der Waals surface area contributed by atoms with Crippen LogP contribution in [0.2, 0.25) is 0 Å². The van der Waals surface area contributed by atoms with Crippen LogP contribution in [0.15, 0.2) is 36.4 Å². The van der Waals surface area contributed by atoms with E-state index in [1.165, 1.54) is 0 Å². The second kappa shape index (κ2) is 7.33. The van der Waals surface area contributed by atoms with Gasteiger partial charge in [-0.15, -0.1) is 0 Å². The van der Waals surface area contributed by atoms with E-state index < -0.39 is 0 Å². The van der Waals surface area contributed by atoms with Crippen LogP contribution in [0.25, 0.3) is 10.9 Å². The van der Waals surface area contributed by atoms with E-state index >= 15 is 0 Å². The van der Waals surface area contributed by atoms with E-state index in [1.54, 1.807) is 0 Å². The molecule has 1 aromatic carbocycles. The van der Waals surface area contributed by atoms with Gasteiger partial charge in [-0.3, -0.25) is 9.69 Å². The van der Waals surface area contributed by atoms with Gasteiger partial charge >= 0.3 is 0 Å². The standard InChI is InChI=1S/C21H27N3O2/c1-15-12-23(13-16(2)26-15)14-18-7-5-11-24(18)21(25)20-10-9-17-6-3-4-8-19(17)22-20/h3-4,6,8-10,15-16,18H,5,7,11-14H2,1-2H3/t15-,16-,18-/m1/s1. The molecule has 5 nitrogen and oxygen atoms in total. The smallest absolute Gasteiger partial charge is 0.272 e. The molecule has 0 N–H and O–H groups in total. The molecule has 138 valence electrons. The summed E-state index contributed by atoms with van der Waals surface area (Å²) in [5.41, 5.74) is 1.43. The predicted molar refractivity (Wildman–Crippen MR) is 102 cm³/mol. The van der Waals surface area contributed by atoms with Crippen LogP contribution in [-0.4, -0.2) is 65.1 Å². The van der Waals surface area contributed by atoms with Crippen molar-refractivity contribution in [2.75, 3.05) is 26.2 Å². The number of nitrogens with zero attached hydrogens (tertiary/aromatic N) is 3. The minimum Gasteiger partial charge on any atom is -0.373 e. The van der Waals surface area contributed by atoms with Gasteiger partial charge in [0.2, 0.25) is 0 Å². The lowest BCUT2D eigenvalue weighted by Gasteiger charge is -2.38. The normalized spacial score (nSPS) is 27.2. The number of likely N-dealkylation sites (tertiary alicyclic amines) is 1. The number of hydrogen-bond acceptors (Lipinski definition) is 4. The van der Waals surface area contributed by atoms with Gasteiger partial charge in [0.05, 0.1) is 17.7 Å². The average molecular weight is 353 g/mol. The van der Waals surface area contributed by atoms with Crippen molar-refractivity contribution < 1.29 is 9.53 Å². The largest absolute Gasteiger partial charge is 0.373 e. The van der Waals surface area contributed by atoms with Gasteiger partial charge in [0.25, 0.3) is 5.91 Å². The molecular formula is C21H27N3O2. The number of ether oxygens (including phenoxy) is 1. The SMILES string of the molecule is C[C@@H]1CN(C[C@H]2CCCN2C(=O)c2ccc3ccccc3n2)C[C@@H](C)O1. The van der Waals surface area contributed by atoms with E-state index in [4.69, 9.17) is 4.74 Å². The fraction of sp³-hybridized carbons (Fsp3) is 0.524. The van der Waals surface area contributed by atoms with Crippen molar-refractivity contribution in [3.63, 3.8) is 0 Å². The summed E-state index contributed by atoms with van der Waals surface area (Å²) in [6.45, 7) is 7.89. The van der Waals surface area contributed by atoms with E-state index in [1.807, 2.05) is 41.3 Å². The molecular weight excluding hydrogens is 326 g/mol.